The van der Waals surface area contributed by atoms with Crippen molar-refractivity contribution in [2.75, 3.05) is 23.7 Å². The highest BCUT2D eigenvalue weighted by atomic mass is 35.5. The highest BCUT2D eigenvalue weighted by Gasteiger charge is 2.10. The predicted molar refractivity (Wildman–Crippen MR) is 77.8 cm³/mol. The third kappa shape index (κ3) is 4.52. The summed E-state index contributed by atoms with van der Waals surface area (Å²) >= 11 is 12.0. The molecule has 1 aromatic rings. The minimum absolute atomic E-state index is 0.397. The lowest BCUT2D eigenvalue weighted by molar-refractivity contribution is 0.176. The molecule has 0 bridgehead atoms. The van der Waals surface area contributed by atoms with Crippen molar-refractivity contribution in [2.24, 2.45) is 0 Å². The Kier molecular flexibility index (Phi) is 6.54. The molecule has 0 aromatic carbocycles. The summed E-state index contributed by atoms with van der Waals surface area (Å²) in [5.41, 5.74) is 0. The fourth-order valence-electron chi connectivity index (χ4n) is 1.53. The van der Waals surface area contributed by atoms with E-state index in [-0.39, 0.29) is 0 Å². The highest BCUT2D eigenvalue weighted by molar-refractivity contribution is 6.37. The van der Waals surface area contributed by atoms with Gasteiger partial charge in [0.1, 0.15) is 11.6 Å². The first kappa shape index (κ1) is 15.3. The molecule has 0 saturated carbocycles. The zero-order valence-electron chi connectivity index (χ0n) is 10.6. The monoisotopic (exact) mass is 291 g/mol. The average Bonchev–Trinajstić information content (AvgIpc) is 2.31. The van der Waals surface area contributed by atoms with Crippen LogP contribution in [0.1, 0.15) is 26.7 Å². The number of nitrogens with one attached hydrogen (secondary N) is 2. The van der Waals surface area contributed by atoms with E-state index in [1.165, 1.54) is 0 Å². The van der Waals surface area contributed by atoms with Gasteiger partial charge in [0.05, 0.1) is 16.1 Å². The number of aromatic nitrogens is 1. The first-order valence-electron chi connectivity index (χ1n) is 6.10. The van der Waals surface area contributed by atoms with Gasteiger partial charge >= 0.3 is 0 Å². The van der Waals surface area contributed by atoms with Gasteiger partial charge in [0.2, 0.25) is 0 Å². The summed E-state index contributed by atoms with van der Waals surface area (Å²) in [6, 6.07) is 1.64. The van der Waals surface area contributed by atoms with Crippen molar-refractivity contribution in [3.63, 3.8) is 0 Å². The third-order valence-electron chi connectivity index (χ3n) is 2.40. The van der Waals surface area contributed by atoms with Crippen molar-refractivity contribution in [1.82, 2.24) is 4.98 Å². The van der Waals surface area contributed by atoms with Crippen LogP contribution in [0.5, 0.6) is 0 Å². The Bertz CT molecular complexity index is 388. The van der Waals surface area contributed by atoms with Crippen LogP contribution in [0.4, 0.5) is 11.6 Å². The van der Waals surface area contributed by atoms with E-state index in [1.54, 1.807) is 6.07 Å². The minimum Gasteiger partial charge on any atom is -0.391 e. The van der Waals surface area contributed by atoms with Gasteiger partial charge in [-0.2, -0.15) is 0 Å². The zero-order chi connectivity index (χ0) is 13.5. The van der Waals surface area contributed by atoms with Crippen molar-refractivity contribution >= 4 is 34.8 Å². The van der Waals surface area contributed by atoms with Gasteiger partial charge < -0.3 is 15.7 Å². The summed E-state index contributed by atoms with van der Waals surface area (Å²) in [5, 5.41) is 16.7. The molecule has 102 valence electrons. The van der Waals surface area contributed by atoms with E-state index in [2.05, 4.69) is 15.6 Å². The maximum Gasteiger partial charge on any atom is 0.147 e. The van der Waals surface area contributed by atoms with Crippen LogP contribution in [-0.2, 0) is 0 Å². The molecule has 0 aliphatic heterocycles. The Morgan fingerprint density at radius 1 is 1.22 bits per heavy atom. The quantitative estimate of drug-likeness (QED) is 0.721. The molecule has 1 heterocycles. The summed E-state index contributed by atoms with van der Waals surface area (Å²) in [7, 11) is 0. The van der Waals surface area contributed by atoms with Crippen LogP contribution in [-0.4, -0.2) is 29.3 Å². The second-order valence-corrected chi connectivity index (χ2v) is 4.82. The van der Waals surface area contributed by atoms with Gasteiger partial charge in [0.15, 0.2) is 0 Å². The van der Waals surface area contributed by atoms with Gasteiger partial charge in [-0.05, 0) is 19.4 Å². The number of anilines is 2. The van der Waals surface area contributed by atoms with Crippen molar-refractivity contribution in [1.29, 1.82) is 0 Å². The molecule has 0 aliphatic carbocycles. The van der Waals surface area contributed by atoms with Gasteiger partial charge in [-0.1, -0.05) is 36.5 Å². The molecule has 0 amide bonds. The second-order valence-electron chi connectivity index (χ2n) is 4.00. The standard InChI is InChI=1S/C12H19Cl2N3O/c1-3-5-8(18)7-16-12-10(14)6-9(13)11(17-12)15-4-2/h6,8,18H,3-5,7H2,1-2H3,(H2,15,16,17). The molecular weight excluding hydrogens is 273 g/mol. The van der Waals surface area contributed by atoms with Crippen molar-refractivity contribution in [3.05, 3.63) is 16.1 Å². The fourth-order valence-corrected chi connectivity index (χ4v) is 2.02. The van der Waals surface area contributed by atoms with E-state index in [0.29, 0.717) is 28.2 Å². The molecule has 0 spiro atoms. The Labute approximate surface area is 118 Å². The lowest BCUT2D eigenvalue weighted by Gasteiger charge is -2.14. The van der Waals surface area contributed by atoms with Crippen LogP contribution in [0.25, 0.3) is 0 Å². The molecule has 0 fully saturated rings. The topological polar surface area (TPSA) is 57.2 Å². The number of rotatable bonds is 7. The second kappa shape index (κ2) is 7.67. The lowest BCUT2D eigenvalue weighted by Crippen LogP contribution is -2.20. The fraction of sp³-hybridized carbons (Fsp3) is 0.583. The van der Waals surface area contributed by atoms with E-state index in [4.69, 9.17) is 23.2 Å². The van der Waals surface area contributed by atoms with Crippen LogP contribution in [0.15, 0.2) is 6.07 Å². The van der Waals surface area contributed by atoms with Crippen molar-refractivity contribution < 1.29 is 5.11 Å². The summed E-state index contributed by atoms with van der Waals surface area (Å²) in [6.07, 6.45) is 1.29. The van der Waals surface area contributed by atoms with E-state index in [9.17, 15) is 5.11 Å². The Morgan fingerprint density at radius 3 is 2.39 bits per heavy atom. The molecule has 1 aromatic heterocycles. The van der Waals surface area contributed by atoms with Crippen LogP contribution < -0.4 is 10.6 Å². The van der Waals surface area contributed by atoms with Crippen LogP contribution in [0.3, 0.4) is 0 Å². The van der Waals surface area contributed by atoms with Gasteiger partial charge in [-0.25, -0.2) is 4.98 Å². The van der Waals surface area contributed by atoms with Crippen LogP contribution in [0.2, 0.25) is 10.0 Å². The average molecular weight is 292 g/mol. The molecule has 0 saturated heterocycles. The Morgan fingerprint density at radius 2 is 1.83 bits per heavy atom. The van der Waals surface area contributed by atoms with Crippen molar-refractivity contribution in [3.8, 4) is 0 Å². The molecule has 0 radical (unpaired) electrons. The van der Waals surface area contributed by atoms with E-state index in [0.717, 1.165) is 19.4 Å². The molecule has 18 heavy (non-hydrogen) atoms. The van der Waals surface area contributed by atoms with E-state index < -0.39 is 6.10 Å². The SMILES string of the molecule is CCCC(O)CNc1nc(NCC)c(Cl)cc1Cl. The first-order valence-corrected chi connectivity index (χ1v) is 6.85. The molecular formula is C12H19Cl2N3O. The van der Waals surface area contributed by atoms with Gasteiger partial charge in [-0.15, -0.1) is 0 Å². The third-order valence-corrected chi connectivity index (χ3v) is 2.98. The van der Waals surface area contributed by atoms with Crippen LogP contribution >= 0.6 is 23.2 Å². The summed E-state index contributed by atoms with van der Waals surface area (Å²) in [4.78, 5) is 4.30. The Hall–Kier alpha value is -0.710. The number of hydrogen-bond acceptors (Lipinski definition) is 4. The first-order chi connectivity index (χ1) is 8.58. The number of pyridine rings is 1. The summed E-state index contributed by atoms with van der Waals surface area (Å²) in [6.45, 7) is 5.14. The number of aliphatic hydroxyl groups excluding tert-OH is 1. The van der Waals surface area contributed by atoms with E-state index >= 15 is 0 Å². The Balaban J connectivity index is 2.72. The predicted octanol–water partition coefficient (Wildman–Crippen LogP) is 3.39. The molecule has 1 atom stereocenters. The summed E-state index contributed by atoms with van der Waals surface area (Å²) < 4.78 is 0. The molecule has 0 aliphatic rings. The minimum atomic E-state index is -0.397. The lowest BCUT2D eigenvalue weighted by atomic mass is 10.2. The number of nitrogens with zero attached hydrogens (tertiary/aromatic N) is 1. The number of hydrogen-bond donors (Lipinski definition) is 3. The van der Waals surface area contributed by atoms with Crippen LogP contribution in [0, 0.1) is 0 Å². The highest BCUT2D eigenvalue weighted by Crippen LogP contribution is 2.29. The molecule has 6 heteroatoms. The van der Waals surface area contributed by atoms with E-state index in [1.807, 2.05) is 13.8 Å². The van der Waals surface area contributed by atoms with Gasteiger partial charge in [-0.3, -0.25) is 0 Å². The van der Waals surface area contributed by atoms with Gasteiger partial charge in [0, 0.05) is 13.1 Å². The van der Waals surface area contributed by atoms with Crippen molar-refractivity contribution in [2.45, 2.75) is 32.8 Å². The molecule has 1 rings (SSSR count). The molecule has 1 unspecified atom stereocenters. The largest absolute Gasteiger partial charge is 0.391 e. The number of aliphatic hydroxyl groups is 1. The molecule has 4 nitrogen and oxygen atoms in total. The molecule has 3 N–H and O–H groups in total. The summed E-state index contributed by atoms with van der Waals surface area (Å²) in [5.74, 6) is 1.13. The maximum atomic E-state index is 9.65. The maximum absolute atomic E-state index is 9.65. The van der Waals surface area contributed by atoms with Gasteiger partial charge in [0.25, 0.3) is 0 Å². The normalized spacial score (nSPS) is 12.3. The zero-order valence-corrected chi connectivity index (χ0v) is 12.1. The smallest absolute Gasteiger partial charge is 0.147 e. The number of halogens is 2.